The lowest BCUT2D eigenvalue weighted by Crippen LogP contribution is -2.45. The van der Waals surface area contributed by atoms with E-state index in [9.17, 15) is 9.59 Å². The normalized spacial score (nSPS) is 23.9. The van der Waals surface area contributed by atoms with E-state index >= 15 is 0 Å². The molecule has 1 rings (SSSR count). The molecule has 5 heteroatoms. The van der Waals surface area contributed by atoms with Crippen LogP contribution in [0.3, 0.4) is 0 Å². The Morgan fingerprint density at radius 2 is 2.00 bits per heavy atom. The van der Waals surface area contributed by atoms with Crippen LogP contribution >= 0.6 is 0 Å². The summed E-state index contributed by atoms with van der Waals surface area (Å²) in [4.78, 5) is 22.6. The van der Waals surface area contributed by atoms with Gasteiger partial charge in [-0.15, -0.1) is 0 Å². The molecule has 0 aromatic carbocycles. The summed E-state index contributed by atoms with van der Waals surface area (Å²) >= 11 is 0. The maximum absolute atomic E-state index is 11.6. The molecule has 2 amide bonds. The van der Waals surface area contributed by atoms with Gasteiger partial charge >= 0.3 is 6.09 Å². The Balaban J connectivity index is 2.22. The van der Waals surface area contributed by atoms with Crippen LogP contribution in [-0.4, -0.2) is 31.2 Å². The van der Waals surface area contributed by atoms with Gasteiger partial charge in [-0.3, -0.25) is 4.79 Å². The molecule has 17 heavy (non-hydrogen) atoms. The van der Waals surface area contributed by atoms with Crippen molar-refractivity contribution in [3.63, 3.8) is 0 Å². The van der Waals surface area contributed by atoms with Crippen LogP contribution in [0.25, 0.3) is 0 Å². The monoisotopic (exact) mass is 242 g/mol. The first-order valence-corrected chi connectivity index (χ1v) is 6.33. The maximum Gasteiger partial charge on any atom is 0.407 e. The average Bonchev–Trinajstić information content (AvgIpc) is 2.30. The van der Waals surface area contributed by atoms with Crippen molar-refractivity contribution in [2.75, 3.05) is 13.2 Å². The summed E-state index contributed by atoms with van der Waals surface area (Å²) in [6, 6.07) is 0.250. The minimum absolute atomic E-state index is 0.0119. The van der Waals surface area contributed by atoms with Gasteiger partial charge in [-0.2, -0.15) is 0 Å². The van der Waals surface area contributed by atoms with Crippen LogP contribution in [0, 0.1) is 5.92 Å². The van der Waals surface area contributed by atoms with Crippen LogP contribution in [0.1, 0.15) is 39.5 Å². The molecule has 0 saturated heterocycles. The van der Waals surface area contributed by atoms with Gasteiger partial charge in [0.2, 0.25) is 5.91 Å². The molecule has 1 aliphatic rings. The Morgan fingerprint density at radius 1 is 1.29 bits per heavy atom. The van der Waals surface area contributed by atoms with E-state index in [1.54, 1.807) is 6.92 Å². The van der Waals surface area contributed by atoms with Crippen LogP contribution in [-0.2, 0) is 9.53 Å². The molecule has 0 spiro atoms. The molecule has 5 nitrogen and oxygen atoms in total. The summed E-state index contributed by atoms with van der Waals surface area (Å²) < 4.78 is 4.67. The third-order valence-corrected chi connectivity index (χ3v) is 3.13. The molecule has 0 aromatic heterocycles. The van der Waals surface area contributed by atoms with Gasteiger partial charge in [0, 0.05) is 6.04 Å². The Morgan fingerprint density at radius 3 is 2.65 bits per heavy atom. The van der Waals surface area contributed by atoms with Crippen LogP contribution in [0.15, 0.2) is 0 Å². The molecule has 0 radical (unpaired) electrons. The summed E-state index contributed by atoms with van der Waals surface area (Å²) in [6.07, 6.45) is 4.07. The highest BCUT2D eigenvalue weighted by molar-refractivity contribution is 5.82. The second-order valence-electron chi connectivity index (χ2n) is 4.51. The van der Waals surface area contributed by atoms with Crippen molar-refractivity contribution in [3.8, 4) is 0 Å². The van der Waals surface area contributed by atoms with E-state index in [0.717, 1.165) is 12.8 Å². The number of hydrogen-bond acceptors (Lipinski definition) is 3. The number of hydrogen-bond donors (Lipinski definition) is 2. The average molecular weight is 242 g/mol. The van der Waals surface area contributed by atoms with Gasteiger partial charge in [0.1, 0.15) is 6.54 Å². The first-order valence-electron chi connectivity index (χ1n) is 6.33. The van der Waals surface area contributed by atoms with Gasteiger partial charge in [0.25, 0.3) is 0 Å². The zero-order valence-electron chi connectivity index (χ0n) is 10.6. The van der Waals surface area contributed by atoms with Gasteiger partial charge in [-0.1, -0.05) is 19.8 Å². The fourth-order valence-corrected chi connectivity index (χ4v) is 2.12. The Labute approximate surface area is 102 Å². The molecule has 0 unspecified atom stereocenters. The summed E-state index contributed by atoms with van der Waals surface area (Å²) in [7, 11) is 0. The van der Waals surface area contributed by atoms with Crippen LogP contribution in [0.2, 0.25) is 0 Å². The van der Waals surface area contributed by atoms with Gasteiger partial charge in [-0.05, 0) is 25.7 Å². The molecule has 98 valence electrons. The standard InChI is InChI=1S/C12H22N2O3/c1-3-17-12(16)13-8-11(15)14-10-7-5-4-6-9(10)2/h9-10H,3-8H2,1-2H3,(H,13,16)(H,14,15)/t9-,10-/m1/s1. The van der Waals surface area contributed by atoms with Crippen molar-refractivity contribution in [3.05, 3.63) is 0 Å². The molecule has 0 heterocycles. The van der Waals surface area contributed by atoms with Gasteiger partial charge < -0.3 is 15.4 Å². The quantitative estimate of drug-likeness (QED) is 0.783. The first kappa shape index (κ1) is 13.8. The minimum Gasteiger partial charge on any atom is -0.450 e. The lowest BCUT2D eigenvalue weighted by Gasteiger charge is -2.29. The second kappa shape index (κ2) is 7.14. The number of ether oxygens (including phenoxy) is 1. The Bertz CT molecular complexity index is 268. The van der Waals surface area contributed by atoms with Crippen LogP contribution in [0.5, 0.6) is 0 Å². The third kappa shape index (κ3) is 5.06. The van der Waals surface area contributed by atoms with E-state index in [-0.39, 0.29) is 18.5 Å². The van der Waals surface area contributed by atoms with Crippen LogP contribution < -0.4 is 10.6 Å². The van der Waals surface area contributed by atoms with E-state index in [1.165, 1.54) is 12.8 Å². The highest BCUT2D eigenvalue weighted by atomic mass is 16.5. The molecule has 1 saturated carbocycles. The zero-order chi connectivity index (χ0) is 12.7. The summed E-state index contributed by atoms with van der Waals surface area (Å²) in [5, 5.41) is 5.37. The second-order valence-corrected chi connectivity index (χ2v) is 4.51. The van der Waals surface area contributed by atoms with Gasteiger partial charge in [0.15, 0.2) is 0 Å². The number of carbonyl (C=O) groups is 2. The highest BCUT2D eigenvalue weighted by Gasteiger charge is 2.22. The molecule has 0 aromatic rings. The van der Waals surface area contributed by atoms with Crippen LogP contribution in [0.4, 0.5) is 4.79 Å². The van der Waals surface area contributed by atoms with E-state index in [4.69, 9.17) is 0 Å². The first-order chi connectivity index (χ1) is 8.13. The fraction of sp³-hybridized carbons (Fsp3) is 0.833. The van der Waals surface area contributed by atoms with E-state index in [1.807, 2.05) is 0 Å². The molecule has 0 aliphatic heterocycles. The van der Waals surface area contributed by atoms with Crippen molar-refractivity contribution in [2.45, 2.75) is 45.6 Å². The molecule has 2 atom stereocenters. The topological polar surface area (TPSA) is 67.4 Å². The molecule has 0 bridgehead atoms. The molecular weight excluding hydrogens is 220 g/mol. The van der Waals surface area contributed by atoms with Crippen molar-refractivity contribution in [1.29, 1.82) is 0 Å². The lowest BCUT2D eigenvalue weighted by molar-refractivity contribution is -0.121. The summed E-state index contributed by atoms with van der Waals surface area (Å²) in [5.74, 6) is 0.382. The SMILES string of the molecule is CCOC(=O)NCC(=O)N[C@@H]1CCCC[C@H]1C. The lowest BCUT2D eigenvalue weighted by atomic mass is 9.86. The van der Waals surface area contributed by atoms with E-state index < -0.39 is 6.09 Å². The number of nitrogens with one attached hydrogen (secondary N) is 2. The number of amides is 2. The summed E-state index contributed by atoms with van der Waals surface area (Å²) in [6.45, 7) is 4.18. The fourth-order valence-electron chi connectivity index (χ4n) is 2.12. The van der Waals surface area contributed by atoms with Crippen molar-refractivity contribution in [1.82, 2.24) is 10.6 Å². The highest BCUT2D eigenvalue weighted by Crippen LogP contribution is 2.23. The maximum atomic E-state index is 11.6. The molecule has 1 aliphatic carbocycles. The number of carbonyl (C=O) groups excluding carboxylic acids is 2. The largest absolute Gasteiger partial charge is 0.450 e. The predicted molar refractivity (Wildman–Crippen MR) is 64.6 cm³/mol. The van der Waals surface area contributed by atoms with E-state index in [2.05, 4.69) is 22.3 Å². The molecule has 2 N–H and O–H groups in total. The Kier molecular flexibility index (Phi) is 5.80. The Hall–Kier alpha value is -1.26. The van der Waals surface area contributed by atoms with Gasteiger partial charge in [-0.25, -0.2) is 4.79 Å². The molecule has 1 fully saturated rings. The number of rotatable bonds is 4. The summed E-state index contributed by atoms with van der Waals surface area (Å²) in [5.41, 5.74) is 0. The smallest absolute Gasteiger partial charge is 0.407 e. The van der Waals surface area contributed by atoms with Crippen molar-refractivity contribution >= 4 is 12.0 Å². The number of alkyl carbamates (subject to hydrolysis) is 1. The minimum atomic E-state index is -0.542. The third-order valence-electron chi connectivity index (χ3n) is 3.13. The predicted octanol–water partition coefficient (Wildman–Crippen LogP) is 1.43. The van der Waals surface area contributed by atoms with E-state index in [0.29, 0.717) is 12.5 Å². The van der Waals surface area contributed by atoms with Crippen molar-refractivity contribution in [2.24, 2.45) is 5.92 Å². The van der Waals surface area contributed by atoms with Gasteiger partial charge in [0.05, 0.1) is 6.61 Å². The van der Waals surface area contributed by atoms with Crippen molar-refractivity contribution < 1.29 is 14.3 Å². The zero-order valence-corrected chi connectivity index (χ0v) is 10.6. The molecular formula is C12H22N2O3.